The SMILES string of the molecule is CC(C)(C)C(N)=Nc1ccc(F)c(Cl)c1. The molecule has 0 heterocycles. The fourth-order valence-corrected chi connectivity index (χ4v) is 1.04. The summed E-state index contributed by atoms with van der Waals surface area (Å²) in [7, 11) is 0. The van der Waals surface area contributed by atoms with Crippen molar-refractivity contribution in [3.05, 3.63) is 29.0 Å². The third kappa shape index (κ3) is 3.20. The van der Waals surface area contributed by atoms with Crippen LogP contribution in [0.1, 0.15) is 20.8 Å². The van der Waals surface area contributed by atoms with E-state index in [9.17, 15) is 4.39 Å². The predicted molar refractivity (Wildman–Crippen MR) is 62.1 cm³/mol. The van der Waals surface area contributed by atoms with Gasteiger partial charge < -0.3 is 5.73 Å². The van der Waals surface area contributed by atoms with Crippen molar-refractivity contribution in [2.45, 2.75) is 20.8 Å². The first kappa shape index (κ1) is 12.0. The van der Waals surface area contributed by atoms with Crippen LogP contribution in [0.3, 0.4) is 0 Å². The maximum atomic E-state index is 12.9. The van der Waals surface area contributed by atoms with Crippen LogP contribution in [0.25, 0.3) is 0 Å². The molecule has 0 amide bonds. The maximum absolute atomic E-state index is 12.9. The molecule has 0 saturated heterocycles. The Morgan fingerprint density at radius 3 is 2.47 bits per heavy atom. The molecule has 0 spiro atoms. The van der Waals surface area contributed by atoms with Gasteiger partial charge in [-0.05, 0) is 18.2 Å². The van der Waals surface area contributed by atoms with Crippen molar-refractivity contribution in [1.82, 2.24) is 0 Å². The highest BCUT2D eigenvalue weighted by Crippen LogP contribution is 2.23. The second-order valence-electron chi connectivity index (χ2n) is 4.35. The smallest absolute Gasteiger partial charge is 0.141 e. The molecule has 0 radical (unpaired) electrons. The molecule has 0 aliphatic heterocycles. The summed E-state index contributed by atoms with van der Waals surface area (Å²) in [6, 6.07) is 4.27. The number of benzene rings is 1. The standard InChI is InChI=1S/C11H14ClFN2/c1-11(2,3)10(14)15-7-4-5-9(13)8(12)6-7/h4-6H,1-3H3,(H2,14,15). The zero-order chi connectivity index (χ0) is 11.6. The van der Waals surface area contributed by atoms with Crippen LogP contribution in [0.15, 0.2) is 23.2 Å². The van der Waals surface area contributed by atoms with E-state index >= 15 is 0 Å². The number of rotatable bonds is 1. The molecule has 0 unspecified atom stereocenters. The summed E-state index contributed by atoms with van der Waals surface area (Å²) >= 11 is 5.63. The Balaban J connectivity index is 3.04. The van der Waals surface area contributed by atoms with Crippen LogP contribution in [0.5, 0.6) is 0 Å². The highest BCUT2D eigenvalue weighted by atomic mass is 35.5. The van der Waals surface area contributed by atoms with E-state index in [0.717, 1.165) is 0 Å². The molecule has 82 valence electrons. The van der Waals surface area contributed by atoms with Gasteiger partial charge in [-0.2, -0.15) is 0 Å². The molecular weight excluding hydrogens is 215 g/mol. The quantitative estimate of drug-likeness (QED) is 0.580. The third-order valence-corrected chi connectivity index (χ3v) is 2.21. The highest BCUT2D eigenvalue weighted by Gasteiger charge is 2.15. The van der Waals surface area contributed by atoms with Gasteiger partial charge in [0, 0.05) is 5.41 Å². The van der Waals surface area contributed by atoms with Gasteiger partial charge in [0.25, 0.3) is 0 Å². The van der Waals surface area contributed by atoms with E-state index in [4.69, 9.17) is 17.3 Å². The lowest BCUT2D eigenvalue weighted by Gasteiger charge is -2.17. The van der Waals surface area contributed by atoms with Crippen molar-refractivity contribution in [3.8, 4) is 0 Å². The first-order valence-electron chi connectivity index (χ1n) is 4.60. The molecule has 0 aliphatic carbocycles. The Hall–Kier alpha value is -1.09. The summed E-state index contributed by atoms with van der Waals surface area (Å²) in [6.07, 6.45) is 0. The van der Waals surface area contributed by atoms with Crippen molar-refractivity contribution in [2.75, 3.05) is 0 Å². The zero-order valence-electron chi connectivity index (χ0n) is 9.01. The van der Waals surface area contributed by atoms with Crippen LogP contribution < -0.4 is 5.73 Å². The Kier molecular flexibility index (Phi) is 3.35. The Labute approximate surface area is 94.0 Å². The second-order valence-corrected chi connectivity index (χ2v) is 4.75. The van der Waals surface area contributed by atoms with Gasteiger partial charge in [-0.1, -0.05) is 32.4 Å². The average molecular weight is 229 g/mol. The molecule has 1 aromatic rings. The molecule has 0 fully saturated rings. The van der Waals surface area contributed by atoms with Gasteiger partial charge in [-0.15, -0.1) is 0 Å². The molecule has 1 rings (SSSR count). The van der Waals surface area contributed by atoms with Crippen molar-refractivity contribution in [3.63, 3.8) is 0 Å². The fraction of sp³-hybridized carbons (Fsp3) is 0.364. The number of halogens is 2. The van der Waals surface area contributed by atoms with Crippen molar-refractivity contribution >= 4 is 23.1 Å². The minimum absolute atomic E-state index is 0.0537. The fourth-order valence-electron chi connectivity index (χ4n) is 0.861. The summed E-state index contributed by atoms with van der Waals surface area (Å²) in [4.78, 5) is 4.18. The molecule has 0 aromatic heterocycles. The Morgan fingerprint density at radius 2 is 2.00 bits per heavy atom. The number of amidine groups is 1. The van der Waals surface area contributed by atoms with Gasteiger partial charge in [0.2, 0.25) is 0 Å². The van der Waals surface area contributed by atoms with Gasteiger partial charge in [-0.25, -0.2) is 9.38 Å². The molecule has 2 N–H and O–H groups in total. The van der Waals surface area contributed by atoms with Crippen LogP contribution in [0, 0.1) is 11.2 Å². The number of hydrogen-bond donors (Lipinski definition) is 1. The average Bonchev–Trinajstić information content (AvgIpc) is 2.10. The molecule has 1 aromatic carbocycles. The van der Waals surface area contributed by atoms with E-state index in [2.05, 4.69) is 4.99 Å². The Morgan fingerprint density at radius 1 is 1.40 bits per heavy atom. The first-order valence-corrected chi connectivity index (χ1v) is 4.98. The summed E-state index contributed by atoms with van der Waals surface area (Å²) in [5, 5.41) is 0.0537. The molecule has 0 saturated carbocycles. The maximum Gasteiger partial charge on any atom is 0.141 e. The Bertz CT molecular complexity index is 394. The van der Waals surface area contributed by atoms with E-state index < -0.39 is 5.82 Å². The van der Waals surface area contributed by atoms with Gasteiger partial charge in [0.1, 0.15) is 11.7 Å². The van der Waals surface area contributed by atoms with Crippen molar-refractivity contribution in [1.29, 1.82) is 0 Å². The molecule has 0 bridgehead atoms. The van der Waals surface area contributed by atoms with Gasteiger partial charge in [0.05, 0.1) is 10.7 Å². The molecule has 0 aliphatic rings. The summed E-state index contributed by atoms with van der Waals surface area (Å²) in [5.74, 6) is 0.0371. The van der Waals surface area contributed by atoms with Crippen LogP contribution in [-0.4, -0.2) is 5.84 Å². The largest absolute Gasteiger partial charge is 0.387 e. The van der Waals surface area contributed by atoms with Crippen LogP contribution >= 0.6 is 11.6 Å². The zero-order valence-corrected chi connectivity index (χ0v) is 9.77. The number of nitrogens with zero attached hydrogens (tertiary/aromatic N) is 1. The van der Waals surface area contributed by atoms with Crippen molar-refractivity contribution in [2.24, 2.45) is 16.1 Å². The van der Waals surface area contributed by atoms with Gasteiger partial charge in [-0.3, -0.25) is 0 Å². The van der Waals surface area contributed by atoms with E-state index in [-0.39, 0.29) is 10.4 Å². The molecule has 0 atom stereocenters. The number of nitrogens with two attached hydrogens (primary N) is 1. The number of hydrogen-bond acceptors (Lipinski definition) is 1. The van der Waals surface area contributed by atoms with E-state index in [1.54, 1.807) is 6.07 Å². The second kappa shape index (κ2) is 4.19. The van der Waals surface area contributed by atoms with Crippen LogP contribution in [-0.2, 0) is 0 Å². The van der Waals surface area contributed by atoms with Gasteiger partial charge >= 0.3 is 0 Å². The van der Waals surface area contributed by atoms with E-state index in [1.807, 2.05) is 20.8 Å². The minimum atomic E-state index is -0.454. The molecule has 2 nitrogen and oxygen atoms in total. The monoisotopic (exact) mass is 228 g/mol. The third-order valence-electron chi connectivity index (χ3n) is 1.92. The minimum Gasteiger partial charge on any atom is -0.387 e. The lowest BCUT2D eigenvalue weighted by Crippen LogP contribution is -2.28. The van der Waals surface area contributed by atoms with E-state index in [0.29, 0.717) is 11.5 Å². The summed E-state index contributed by atoms with van der Waals surface area (Å²) < 4.78 is 12.9. The van der Waals surface area contributed by atoms with Crippen molar-refractivity contribution < 1.29 is 4.39 Å². The molecule has 4 heteroatoms. The first-order chi connectivity index (χ1) is 6.80. The topological polar surface area (TPSA) is 38.4 Å². The van der Waals surface area contributed by atoms with Crippen LogP contribution in [0.4, 0.5) is 10.1 Å². The predicted octanol–water partition coefficient (Wildman–Crippen LogP) is 3.51. The summed E-state index contributed by atoms with van der Waals surface area (Å²) in [5.41, 5.74) is 6.14. The number of aliphatic imine (C=N–C) groups is 1. The van der Waals surface area contributed by atoms with Crippen LogP contribution in [0.2, 0.25) is 5.02 Å². The highest BCUT2D eigenvalue weighted by molar-refractivity contribution is 6.31. The normalized spacial score (nSPS) is 13.0. The molecule has 15 heavy (non-hydrogen) atoms. The molecular formula is C11H14ClFN2. The summed E-state index contributed by atoms with van der Waals surface area (Å²) in [6.45, 7) is 5.87. The lowest BCUT2D eigenvalue weighted by molar-refractivity contribution is 0.585. The lowest BCUT2D eigenvalue weighted by atomic mass is 9.95. The van der Waals surface area contributed by atoms with E-state index in [1.165, 1.54) is 12.1 Å². The van der Waals surface area contributed by atoms with Gasteiger partial charge in [0.15, 0.2) is 0 Å².